The summed E-state index contributed by atoms with van der Waals surface area (Å²) in [5.41, 5.74) is 4.04. The Bertz CT molecular complexity index is 1020. The number of hydrogen-bond donors (Lipinski definition) is 1. The predicted octanol–water partition coefficient (Wildman–Crippen LogP) is 3.87. The lowest BCUT2D eigenvalue weighted by molar-refractivity contribution is 0.0360. The number of nitrogens with one attached hydrogen (secondary N) is 1. The minimum atomic E-state index is -0.379. The van der Waals surface area contributed by atoms with Crippen LogP contribution in [0.4, 0.5) is 4.39 Å². The molecular weight excluding hydrogens is 419 g/mol. The number of hydroxylamine groups is 1. The van der Waals surface area contributed by atoms with Crippen molar-refractivity contribution in [1.82, 2.24) is 19.9 Å². The molecule has 7 nitrogen and oxygen atoms in total. The highest BCUT2D eigenvalue weighted by Gasteiger charge is 2.18. The second-order valence-electron chi connectivity index (χ2n) is 6.85. The van der Waals surface area contributed by atoms with Gasteiger partial charge < -0.3 is 9.47 Å². The lowest BCUT2D eigenvalue weighted by atomic mass is 10.2. The zero-order chi connectivity index (χ0) is 22.2. The molecule has 0 bridgehead atoms. The summed E-state index contributed by atoms with van der Waals surface area (Å²) in [5.74, 6) is -0.889. The van der Waals surface area contributed by atoms with Gasteiger partial charge in [-0.15, -0.1) is 11.3 Å². The number of hydrogen-bond acceptors (Lipinski definition) is 5. The molecule has 2 heterocycles. The van der Waals surface area contributed by atoms with Gasteiger partial charge in [0.05, 0.1) is 19.7 Å². The topological polar surface area (TPSA) is 76.5 Å². The van der Waals surface area contributed by atoms with Crippen molar-refractivity contribution in [3.63, 3.8) is 0 Å². The quantitative estimate of drug-likeness (QED) is 0.482. The highest BCUT2D eigenvalue weighted by atomic mass is 32.1. The number of benzene rings is 1. The van der Waals surface area contributed by atoms with Crippen LogP contribution in [0, 0.1) is 5.82 Å². The van der Waals surface area contributed by atoms with Gasteiger partial charge in [0.15, 0.2) is 0 Å². The summed E-state index contributed by atoms with van der Waals surface area (Å²) in [5, 5.41) is 2.46. The smallest absolute Gasteiger partial charge is 0.294 e. The Hall–Kier alpha value is -3.04. The summed E-state index contributed by atoms with van der Waals surface area (Å²) in [7, 11) is 0. The number of carbonyl (C=O) groups excluding carboxylic acids is 2. The third-order valence-electron chi connectivity index (χ3n) is 4.55. The number of amides is 2. The fraction of sp³-hybridized carbons (Fsp3) is 0.318. The zero-order valence-corrected chi connectivity index (χ0v) is 18.3. The van der Waals surface area contributed by atoms with Gasteiger partial charge in [-0.05, 0) is 49.7 Å². The average Bonchev–Trinajstić information content (AvgIpc) is 3.42. The summed E-state index contributed by atoms with van der Waals surface area (Å²) in [6.07, 6.45) is 2.72. The molecule has 0 aliphatic carbocycles. The molecule has 0 saturated carbocycles. The summed E-state index contributed by atoms with van der Waals surface area (Å²) >= 11 is 1.39. The number of thiazole rings is 1. The molecule has 2 amide bonds. The van der Waals surface area contributed by atoms with Crippen LogP contribution in [0.15, 0.2) is 48.0 Å². The Balaban J connectivity index is 1.71. The van der Waals surface area contributed by atoms with Crippen molar-refractivity contribution in [3.05, 3.63) is 75.8 Å². The first-order valence-corrected chi connectivity index (χ1v) is 10.9. The van der Waals surface area contributed by atoms with Crippen molar-refractivity contribution < 1.29 is 18.8 Å². The first-order chi connectivity index (χ1) is 15.0. The molecule has 2 aromatic heterocycles. The van der Waals surface area contributed by atoms with E-state index in [-0.39, 0.29) is 17.6 Å². The Kier molecular flexibility index (Phi) is 7.91. The Labute approximate surface area is 184 Å². The van der Waals surface area contributed by atoms with E-state index in [1.165, 1.54) is 35.6 Å². The van der Waals surface area contributed by atoms with Crippen LogP contribution in [0.25, 0.3) is 0 Å². The SMILES string of the molecule is CCCN(Cc1cccn1Cc1nc(C(=O)NOCC)cs1)C(=O)c1ccc(F)cc1. The number of halogens is 1. The van der Waals surface area contributed by atoms with Crippen molar-refractivity contribution in [2.24, 2.45) is 0 Å². The van der Waals surface area contributed by atoms with Gasteiger partial charge in [-0.2, -0.15) is 0 Å². The van der Waals surface area contributed by atoms with Crippen LogP contribution in [0.5, 0.6) is 0 Å². The van der Waals surface area contributed by atoms with E-state index in [1.54, 1.807) is 17.2 Å². The molecule has 9 heteroatoms. The lowest BCUT2D eigenvalue weighted by Gasteiger charge is -2.23. The molecule has 0 radical (unpaired) electrons. The van der Waals surface area contributed by atoms with Gasteiger partial charge in [0.1, 0.15) is 16.5 Å². The van der Waals surface area contributed by atoms with Gasteiger partial charge in [-0.3, -0.25) is 14.4 Å². The van der Waals surface area contributed by atoms with Gasteiger partial charge in [-0.25, -0.2) is 14.9 Å². The number of carbonyl (C=O) groups is 2. The maximum absolute atomic E-state index is 13.2. The van der Waals surface area contributed by atoms with Gasteiger partial charge in [0.2, 0.25) is 0 Å². The highest BCUT2D eigenvalue weighted by Crippen LogP contribution is 2.16. The van der Waals surface area contributed by atoms with E-state index in [9.17, 15) is 14.0 Å². The Morgan fingerprint density at radius 1 is 1.23 bits per heavy atom. The van der Waals surface area contributed by atoms with Crippen LogP contribution in [0.2, 0.25) is 0 Å². The van der Waals surface area contributed by atoms with Crippen molar-refractivity contribution in [2.75, 3.05) is 13.2 Å². The maximum Gasteiger partial charge on any atom is 0.294 e. The molecular formula is C22H25FN4O3S. The van der Waals surface area contributed by atoms with E-state index in [4.69, 9.17) is 4.84 Å². The molecule has 3 rings (SSSR count). The fourth-order valence-corrected chi connectivity index (χ4v) is 3.84. The maximum atomic E-state index is 13.2. The van der Waals surface area contributed by atoms with Crippen molar-refractivity contribution in [2.45, 2.75) is 33.4 Å². The predicted molar refractivity (Wildman–Crippen MR) is 116 cm³/mol. The van der Waals surface area contributed by atoms with Crippen LogP contribution in [-0.4, -0.2) is 39.4 Å². The summed E-state index contributed by atoms with van der Waals surface area (Å²) < 4.78 is 15.2. The third kappa shape index (κ3) is 5.99. The molecule has 0 fully saturated rings. The largest absolute Gasteiger partial charge is 0.343 e. The molecule has 0 saturated heterocycles. The third-order valence-corrected chi connectivity index (χ3v) is 5.38. The fourth-order valence-electron chi connectivity index (χ4n) is 3.06. The average molecular weight is 445 g/mol. The molecule has 164 valence electrons. The molecule has 0 unspecified atom stereocenters. The van der Waals surface area contributed by atoms with Crippen molar-refractivity contribution in [1.29, 1.82) is 0 Å². The Morgan fingerprint density at radius 2 is 2.00 bits per heavy atom. The first-order valence-electron chi connectivity index (χ1n) is 10.1. The van der Waals surface area contributed by atoms with E-state index < -0.39 is 0 Å². The summed E-state index contributed by atoms with van der Waals surface area (Å²) in [6.45, 7) is 5.65. The van der Waals surface area contributed by atoms with Crippen LogP contribution in [-0.2, 0) is 17.9 Å². The second-order valence-corrected chi connectivity index (χ2v) is 7.79. The summed E-state index contributed by atoms with van der Waals surface area (Å²) in [6, 6.07) is 9.46. The number of aromatic nitrogens is 2. The van der Waals surface area contributed by atoms with Crippen LogP contribution in [0.3, 0.4) is 0 Å². The van der Waals surface area contributed by atoms with E-state index in [0.29, 0.717) is 37.5 Å². The lowest BCUT2D eigenvalue weighted by Crippen LogP contribution is -2.32. The molecule has 3 aromatic rings. The molecule has 0 spiro atoms. The van der Waals surface area contributed by atoms with Gasteiger partial charge in [0, 0.05) is 29.4 Å². The van der Waals surface area contributed by atoms with E-state index in [1.807, 2.05) is 29.8 Å². The second kappa shape index (κ2) is 10.8. The van der Waals surface area contributed by atoms with E-state index >= 15 is 0 Å². The normalized spacial score (nSPS) is 10.8. The van der Waals surface area contributed by atoms with Gasteiger partial charge in [-0.1, -0.05) is 6.92 Å². The van der Waals surface area contributed by atoms with Gasteiger partial charge in [0.25, 0.3) is 11.8 Å². The van der Waals surface area contributed by atoms with Gasteiger partial charge >= 0.3 is 0 Å². The molecule has 0 aliphatic heterocycles. The molecule has 0 atom stereocenters. The van der Waals surface area contributed by atoms with Crippen molar-refractivity contribution in [3.8, 4) is 0 Å². The zero-order valence-electron chi connectivity index (χ0n) is 17.5. The molecule has 1 aromatic carbocycles. The molecule has 1 N–H and O–H groups in total. The van der Waals surface area contributed by atoms with Crippen LogP contribution in [0.1, 0.15) is 51.8 Å². The van der Waals surface area contributed by atoms with Crippen LogP contribution < -0.4 is 5.48 Å². The first kappa shape index (κ1) is 22.6. The van der Waals surface area contributed by atoms with Crippen LogP contribution >= 0.6 is 11.3 Å². The minimum absolute atomic E-state index is 0.140. The molecule has 31 heavy (non-hydrogen) atoms. The number of nitrogens with zero attached hydrogens (tertiary/aromatic N) is 3. The minimum Gasteiger partial charge on any atom is -0.343 e. The number of rotatable bonds is 10. The van der Waals surface area contributed by atoms with E-state index in [2.05, 4.69) is 10.5 Å². The summed E-state index contributed by atoms with van der Waals surface area (Å²) in [4.78, 5) is 35.9. The Morgan fingerprint density at radius 3 is 2.71 bits per heavy atom. The molecule has 0 aliphatic rings. The highest BCUT2D eigenvalue weighted by molar-refractivity contribution is 7.09. The standard InChI is InChI=1S/C22H25FN4O3S/c1-3-11-27(22(29)16-7-9-17(23)10-8-16)13-18-6-5-12-26(18)14-20-24-19(15-31-20)21(28)25-30-4-2/h5-10,12,15H,3-4,11,13-14H2,1-2H3,(H,25,28). The monoisotopic (exact) mass is 444 g/mol. The van der Waals surface area contributed by atoms with Crippen molar-refractivity contribution >= 4 is 23.2 Å². The van der Waals surface area contributed by atoms with E-state index in [0.717, 1.165) is 17.1 Å².